The van der Waals surface area contributed by atoms with Crippen LogP contribution in [-0.4, -0.2) is 50.3 Å². The predicted octanol–water partition coefficient (Wildman–Crippen LogP) is 4.34. The molecule has 0 saturated carbocycles. The van der Waals surface area contributed by atoms with Crippen molar-refractivity contribution >= 4 is 35.6 Å². The molecule has 1 aliphatic rings. The monoisotopic (exact) mass is 538 g/mol. The summed E-state index contributed by atoms with van der Waals surface area (Å²) in [4.78, 5) is 6.83. The largest absolute Gasteiger partial charge is 0.492 e. The Morgan fingerprint density at radius 1 is 1.16 bits per heavy atom. The second kappa shape index (κ2) is 12.9. The van der Waals surface area contributed by atoms with Gasteiger partial charge in [0.2, 0.25) is 0 Å². The number of hydrogen-bond donors (Lipinski definition) is 2. The first-order valence-corrected chi connectivity index (χ1v) is 10.6. The molecule has 3 N–H and O–H groups in total. The number of hydrogen-bond acceptors (Lipinski definition) is 4. The summed E-state index contributed by atoms with van der Waals surface area (Å²) < 4.78 is 11.4. The maximum absolute atomic E-state index is 6.06. The van der Waals surface area contributed by atoms with E-state index in [0.717, 1.165) is 49.6 Å². The second-order valence-corrected chi connectivity index (χ2v) is 7.95. The Bertz CT molecular complexity index is 853. The van der Waals surface area contributed by atoms with Crippen molar-refractivity contribution in [3.05, 3.63) is 59.2 Å². The van der Waals surface area contributed by atoms with E-state index in [1.165, 1.54) is 11.1 Å². The highest BCUT2D eigenvalue weighted by Gasteiger charge is 2.17. The first-order chi connectivity index (χ1) is 14.5. The van der Waals surface area contributed by atoms with E-state index < -0.39 is 0 Å². The van der Waals surface area contributed by atoms with Gasteiger partial charge in [0.25, 0.3) is 0 Å². The van der Waals surface area contributed by atoms with Crippen LogP contribution in [0.2, 0.25) is 0 Å². The van der Waals surface area contributed by atoms with Crippen molar-refractivity contribution in [2.75, 3.05) is 38.7 Å². The van der Waals surface area contributed by atoms with E-state index in [4.69, 9.17) is 15.2 Å². The van der Waals surface area contributed by atoms with Crippen molar-refractivity contribution in [1.29, 1.82) is 0 Å². The van der Waals surface area contributed by atoms with Crippen LogP contribution in [0.3, 0.4) is 0 Å². The summed E-state index contributed by atoms with van der Waals surface area (Å²) in [7, 11) is 2.16. The zero-order valence-corrected chi connectivity index (χ0v) is 21.1. The standard InChI is InChI=1S/C24H34N4O2.HI/c1-18-7-8-21(15-19(18)2)27-24(25)26-17-20-5-4-6-23(16-20)30-14-11-28(3)22-9-12-29-13-10-22;/h4-8,15-16,22H,9-14,17H2,1-3H3,(H3,25,26,27);1H. The highest BCUT2D eigenvalue weighted by Crippen LogP contribution is 2.16. The average molecular weight is 538 g/mol. The molecule has 0 unspecified atom stereocenters. The lowest BCUT2D eigenvalue weighted by Crippen LogP contribution is -2.38. The van der Waals surface area contributed by atoms with Gasteiger partial charge < -0.3 is 20.5 Å². The molecule has 1 saturated heterocycles. The van der Waals surface area contributed by atoms with Crippen molar-refractivity contribution in [2.24, 2.45) is 10.7 Å². The topological polar surface area (TPSA) is 72.1 Å². The van der Waals surface area contributed by atoms with Crippen LogP contribution in [0, 0.1) is 13.8 Å². The fraction of sp³-hybridized carbons (Fsp3) is 0.458. The Kier molecular flexibility index (Phi) is 10.6. The SMILES string of the molecule is Cc1ccc(NC(N)=NCc2cccc(OCCN(C)C3CCOCC3)c2)cc1C.I. The molecule has 1 fully saturated rings. The highest BCUT2D eigenvalue weighted by molar-refractivity contribution is 14.0. The Morgan fingerprint density at radius 3 is 2.68 bits per heavy atom. The van der Waals surface area contributed by atoms with Crippen LogP contribution in [0.4, 0.5) is 5.69 Å². The van der Waals surface area contributed by atoms with E-state index in [9.17, 15) is 0 Å². The summed E-state index contributed by atoms with van der Waals surface area (Å²) >= 11 is 0. The van der Waals surface area contributed by atoms with Crippen LogP contribution in [0.1, 0.15) is 29.5 Å². The smallest absolute Gasteiger partial charge is 0.193 e. The van der Waals surface area contributed by atoms with Crippen LogP contribution in [-0.2, 0) is 11.3 Å². The molecule has 3 rings (SSSR count). The van der Waals surface area contributed by atoms with Crippen molar-refractivity contribution < 1.29 is 9.47 Å². The third-order valence-electron chi connectivity index (χ3n) is 5.64. The van der Waals surface area contributed by atoms with Gasteiger partial charge >= 0.3 is 0 Å². The molecule has 170 valence electrons. The Balaban J connectivity index is 0.00000341. The number of halogens is 1. The number of guanidine groups is 1. The number of aliphatic imine (C=N–C) groups is 1. The number of rotatable bonds is 8. The summed E-state index contributed by atoms with van der Waals surface area (Å²) in [5, 5.41) is 3.15. The first kappa shape index (κ1) is 25.4. The summed E-state index contributed by atoms with van der Waals surface area (Å²) in [6.45, 7) is 7.97. The molecule has 1 aliphatic heterocycles. The van der Waals surface area contributed by atoms with Gasteiger partial charge in [0.1, 0.15) is 12.4 Å². The number of ether oxygens (including phenoxy) is 2. The summed E-state index contributed by atoms with van der Waals surface area (Å²) in [6.07, 6.45) is 2.20. The molecule has 0 radical (unpaired) electrons. The fourth-order valence-electron chi connectivity index (χ4n) is 3.53. The van der Waals surface area contributed by atoms with Crippen LogP contribution < -0.4 is 15.8 Å². The van der Waals surface area contributed by atoms with Gasteiger partial charge in [0.05, 0.1) is 6.54 Å². The van der Waals surface area contributed by atoms with E-state index in [2.05, 4.69) is 48.2 Å². The molecule has 2 aromatic carbocycles. The van der Waals surface area contributed by atoms with Gasteiger partial charge in [0.15, 0.2) is 5.96 Å². The lowest BCUT2D eigenvalue weighted by molar-refractivity contribution is 0.0392. The maximum Gasteiger partial charge on any atom is 0.193 e. The van der Waals surface area contributed by atoms with Crippen molar-refractivity contribution in [3.63, 3.8) is 0 Å². The number of nitrogens with two attached hydrogens (primary N) is 1. The van der Waals surface area contributed by atoms with Gasteiger partial charge in [-0.1, -0.05) is 18.2 Å². The number of anilines is 1. The average Bonchev–Trinajstić information content (AvgIpc) is 2.76. The van der Waals surface area contributed by atoms with Gasteiger partial charge in [-0.15, -0.1) is 24.0 Å². The molecular formula is C24H35IN4O2. The highest BCUT2D eigenvalue weighted by atomic mass is 127. The van der Waals surface area contributed by atoms with Crippen molar-refractivity contribution in [2.45, 2.75) is 39.3 Å². The molecule has 0 atom stereocenters. The quantitative estimate of drug-likeness (QED) is 0.297. The van der Waals surface area contributed by atoms with Crippen molar-refractivity contribution in [3.8, 4) is 5.75 Å². The predicted molar refractivity (Wildman–Crippen MR) is 139 cm³/mol. The minimum atomic E-state index is 0. The normalized spacial score (nSPS) is 14.9. The first-order valence-electron chi connectivity index (χ1n) is 10.6. The van der Waals surface area contributed by atoms with E-state index in [-0.39, 0.29) is 24.0 Å². The van der Waals surface area contributed by atoms with Crippen molar-refractivity contribution in [1.82, 2.24) is 4.90 Å². The van der Waals surface area contributed by atoms with Gasteiger partial charge in [-0.25, -0.2) is 4.99 Å². The van der Waals surface area contributed by atoms with E-state index in [1.807, 2.05) is 30.3 Å². The van der Waals surface area contributed by atoms with Crippen LogP contribution in [0.25, 0.3) is 0 Å². The maximum atomic E-state index is 6.06. The van der Waals surface area contributed by atoms with E-state index in [0.29, 0.717) is 25.2 Å². The van der Waals surface area contributed by atoms with Gasteiger partial charge in [-0.05, 0) is 74.7 Å². The zero-order chi connectivity index (χ0) is 21.3. The Hall–Kier alpha value is -1.84. The molecule has 31 heavy (non-hydrogen) atoms. The summed E-state index contributed by atoms with van der Waals surface area (Å²) in [5.74, 6) is 1.27. The molecule has 0 aromatic heterocycles. The molecule has 1 heterocycles. The van der Waals surface area contributed by atoms with Crippen LogP contribution in [0.5, 0.6) is 5.75 Å². The summed E-state index contributed by atoms with van der Waals surface area (Å²) in [6, 6.07) is 14.8. The van der Waals surface area contributed by atoms with Crippen LogP contribution in [0.15, 0.2) is 47.5 Å². The lowest BCUT2D eigenvalue weighted by atomic mass is 10.1. The molecule has 0 aliphatic carbocycles. The lowest BCUT2D eigenvalue weighted by Gasteiger charge is -2.31. The molecule has 6 nitrogen and oxygen atoms in total. The molecule has 0 bridgehead atoms. The number of nitrogens with one attached hydrogen (secondary N) is 1. The van der Waals surface area contributed by atoms with Gasteiger partial charge in [-0.3, -0.25) is 4.90 Å². The van der Waals surface area contributed by atoms with E-state index in [1.54, 1.807) is 0 Å². The third kappa shape index (κ3) is 8.31. The van der Waals surface area contributed by atoms with Gasteiger partial charge in [-0.2, -0.15) is 0 Å². The molecule has 0 amide bonds. The Labute approximate surface area is 203 Å². The van der Waals surface area contributed by atoms with E-state index >= 15 is 0 Å². The second-order valence-electron chi connectivity index (χ2n) is 7.95. The minimum Gasteiger partial charge on any atom is -0.492 e. The Morgan fingerprint density at radius 2 is 1.94 bits per heavy atom. The number of aryl methyl sites for hydroxylation is 2. The molecule has 0 spiro atoms. The molecular weight excluding hydrogens is 503 g/mol. The summed E-state index contributed by atoms with van der Waals surface area (Å²) in [5.41, 5.74) is 10.6. The van der Waals surface area contributed by atoms with Gasteiger partial charge in [0, 0.05) is 31.5 Å². The number of nitrogens with zero attached hydrogens (tertiary/aromatic N) is 2. The minimum absolute atomic E-state index is 0. The fourth-order valence-corrected chi connectivity index (χ4v) is 3.53. The third-order valence-corrected chi connectivity index (χ3v) is 5.64. The number of likely N-dealkylation sites (N-methyl/N-ethyl adjacent to an activating group) is 1. The molecule has 2 aromatic rings. The zero-order valence-electron chi connectivity index (χ0n) is 18.8. The van der Waals surface area contributed by atoms with Crippen LogP contribution >= 0.6 is 24.0 Å². The molecule has 7 heteroatoms. The number of benzene rings is 2.